The lowest BCUT2D eigenvalue weighted by molar-refractivity contribution is -0.114. The zero-order chi connectivity index (χ0) is 22.9. The minimum absolute atomic E-state index is 0.208. The molecule has 2 N–H and O–H groups in total. The van der Waals surface area contributed by atoms with E-state index >= 15 is 0 Å². The number of nitrogens with zero attached hydrogens (tertiary/aromatic N) is 1. The molecule has 164 valence electrons. The van der Waals surface area contributed by atoms with E-state index in [1.165, 1.54) is 13.1 Å². The summed E-state index contributed by atoms with van der Waals surface area (Å²) >= 11 is 2.18. The van der Waals surface area contributed by atoms with E-state index in [0.29, 0.717) is 29.4 Å². The number of ether oxygens (including phenoxy) is 2. The van der Waals surface area contributed by atoms with Crippen molar-refractivity contribution in [1.82, 2.24) is 5.43 Å². The van der Waals surface area contributed by atoms with Gasteiger partial charge in [-0.05, 0) is 64.0 Å². The highest BCUT2D eigenvalue weighted by Gasteiger charge is 2.12. The molecule has 2 amide bonds. The van der Waals surface area contributed by atoms with Gasteiger partial charge >= 0.3 is 0 Å². The second-order valence-electron chi connectivity index (χ2n) is 6.77. The summed E-state index contributed by atoms with van der Waals surface area (Å²) in [5.74, 6) is 0.620. The Morgan fingerprint density at radius 3 is 2.56 bits per heavy atom. The topological polar surface area (TPSA) is 89.0 Å². The molecule has 3 rings (SSSR count). The van der Waals surface area contributed by atoms with E-state index in [0.717, 1.165) is 14.7 Å². The van der Waals surface area contributed by atoms with Crippen LogP contribution in [0.15, 0.2) is 71.8 Å². The minimum atomic E-state index is -0.391. The van der Waals surface area contributed by atoms with Gasteiger partial charge in [-0.15, -0.1) is 0 Å². The van der Waals surface area contributed by atoms with Crippen LogP contribution in [0, 0.1) is 3.57 Å². The first-order valence-corrected chi connectivity index (χ1v) is 10.8. The normalized spacial score (nSPS) is 10.6. The lowest BCUT2D eigenvalue weighted by atomic mass is 10.2. The molecule has 3 aromatic rings. The Morgan fingerprint density at radius 2 is 1.84 bits per heavy atom. The molecule has 0 atom stereocenters. The molecule has 8 heteroatoms. The van der Waals surface area contributed by atoms with Gasteiger partial charge in [0.25, 0.3) is 5.91 Å². The van der Waals surface area contributed by atoms with Crippen LogP contribution in [0.25, 0.3) is 0 Å². The Kier molecular flexibility index (Phi) is 8.20. The van der Waals surface area contributed by atoms with Gasteiger partial charge in [-0.1, -0.05) is 36.4 Å². The third-order valence-corrected chi connectivity index (χ3v) is 5.10. The Bertz CT molecular complexity index is 1130. The minimum Gasteiger partial charge on any atom is -0.493 e. The number of carbonyl (C=O) groups is 2. The van der Waals surface area contributed by atoms with E-state index in [2.05, 4.69) is 38.4 Å². The third-order valence-electron chi connectivity index (χ3n) is 4.30. The molecule has 0 saturated carbocycles. The van der Waals surface area contributed by atoms with E-state index in [1.807, 2.05) is 36.4 Å². The molecule has 0 aliphatic heterocycles. The van der Waals surface area contributed by atoms with E-state index < -0.39 is 5.91 Å². The Hall–Kier alpha value is -3.40. The number of hydrazone groups is 1. The van der Waals surface area contributed by atoms with Gasteiger partial charge in [-0.3, -0.25) is 9.59 Å². The number of amides is 2. The quantitative estimate of drug-likeness (QED) is 0.247. The number of methoxy groups -OCH3 is 1. The van der Waals surface area contributed by atoms with Crippen molar-refractivity contribution in [3.8, 4) is 11.5 Å². The van der Waals surface area contributed by atoms with Crippen LogP contribution < -0.4 is 20.2 Å². The van der Waals surface area contributed by atoms with Crippen LogP contribution in [0.1, 0.15) is 28.4 Å². The van der Waals surface area contributed by atoms with E-state index in [9.17, 15) is 9.59 Å². The summed E-state index contributed by atoms with van der Waals surface area (Å²) in [6, 6.07) is 20.2. The second kappa shape index (κ2) is 11.3. The molecule has 0 heterocycles. The van der Waals surface area contributed by atoms with Gasteiger partial charge in [-0.25, -0.2) is 5.43 Å². The van der Waals surface area contributed by atoms with Crippen LogP contribution >= 0.6 is 22.6 Å². The number of benzene rings is 3. The van der Waals surface area contributed by atoms with Crippen molar-refractivity contribution in [2.24, 2.45) is 5.10 Å². The highest BCUT2D eigenvalue weighted by atomic mass is 127. The molecule has 0 aromatic heterocycles. The first kappa shape index (κ1) is 23.3. The van der Waals surface area contributed by atoms with Crippen molar-refractivity contribution in [1.29, 1.82) is 0 Å². The molecule has 0 aliphatic carbocycles. The van der Waals surface area contributed by atoms with Crippen LogP contribution in [0.2, 0.25) is 0 Å². The first-order valence-electron chi connectivity index (χ1n) is 9.71. The largest absolute Gasteiger partial charge is 0.493 e. The van der Waals surface area contributed by atoms with Gasteiger partial charge in [0, 0.05) is 18.2 Å². The smallest absolute Gasteiger partial charge is 0.271 e. The molecule has 3 aromatic carbocycles. The van der Waals surface area contributed by atoms with E-state index in [-0.39, 0.29) is 5.91 Å². The molecular formula is C24H22IN3O4. The maximum Gasteiger partial charge on any atom is 0.271 e. The zero-order valence-electron chi connectivity index (χ0n) is 17.6. The summed E-state index contributed by atoms with van der Waals surface area (Å²) in [6.45, 7) is 1.83. The number of nitrogens with one attached hydrogen (secondary N) is 2. The molecule has 0 aliphatic rings. The van der Waals surface area contributed by atoms with Gasteiger partial charge in [0.05, 0.1) is 16.9 Å². The number of hydrogen-bond acceptors (Lipinski definition) is 5. The fraction of sp³-hybridized carbons (Fsp3) is 0.125. The SMILES string of the molecule is COc1cc(/C=N\NC(=O)c2cccc(NC(C)=O)c2)cc(I)c1OCc1ccccc1. The molecule has 0 unspecified atom stereocenters. The van der Waals surface area contributed by atoms with Crippen LogP contribution in [0.4, 0.5) is 5.69 Å². The number of hydrogen-bond donors (Lipinski definition) is 2. The van der Waals surface area contributed by atoms with E-state index in [1.54, 1.807) is 37.4 Å². The van der Waals surface area contributed by atoms with Crippen LogP contribution in [-0.2, 0) is 11.4 Å². The van der Waals surface area contributed by atoms with Crippen molar-refractivity contribution in [2.45, 2.75) is 13.5 Å². The summed E-state index contributed by atoms with van der Waals surface area (Å²) in [5, 5.41) is 6.68. The maximum atomic E-state index is 12.4. The molecule has 0 fully saturated rings. The molecule has 32 heavy (non-hydrogen) atoms. The lowest BCUT2D eigenvalue weighted by Crippen LogP contribution is -2.18. The van der Waals surface area contributed by atoms with Crippen molar-refractivity contribution in [3.63, 3.8) is 0 Å². The van der Waals surface area contributed by atoms with Gasteiger partial charge < -0.3 is 14.8 Å². The Morgan fingerprint density at radius 1 is 1.06 bits per heavy atom. The van der Waals surface area contributed by atoms with Crippen molar-refractivity contribution < 1.29 is 19.1 Å². The first-order chi connectivity index (χ1) is 15.5. The van der Waals surface area contributed by atoms with Gasteiger partial charge in [0.2, 0.25) is 5.91 Å². The van der Waals surface area contributed by atoms with Crippen molar-refractivity contribution in [2.75, 3.05) is 12.4 Å². The fourth-order valence-electron chi connectivity index (χ4n) is 2.86. The molecule has 0 saturated heterocycles. The highest BCUT2D eigenvalue weighted by molar-refractivity contribution is 14.1. The number of anilines is 1. The summed E-state index contributed by atoms with van der Waals surface area (Å²) in [5.41, 5.74) is 5.21. The Balaban J connectivity index is 1.67. The number of carbonyl (C=O) groups excluding carboxylic acids is 2. The third kappa shape index (κ3) is 6.55. The predicted octanol–water partition coefficient (Wildman–Crippen LogP) is 4.60. The van der Waals surface area contributed by atoms with Crippen LogP contribution in [0.5, 0.6) is 11.5 Å². The Labute approximate surface area is 200 Å². The number of rotatable bonds is 8. The van der Waals surface area contributed by atoms with Gasteiger partial charge in [-0.2, -0.15) is 5.10 Å². The van der Waals surface area contributed by atoms with Crippen molar-refractivity contribution >= 4 is 46.3 Å². The van der Waals surface area contributed by atoms with Gasteiger partial charge in [0.1, 0.15) is 6.61 Å². The maximum absolute atomic E-state index is 12.4. The summed E-state index contributed by atoms with van der Waals surface area (Å²) in [6.07, 6.45) is 1.53. The molecular weight excluding hydrogens is 521 g/mol. The molecule has 0 bridgehead atoms. The lowest BCUT2D eigenvalue weighted by Gasteiger charge is -2.13. The standard InChI is InChI=1S/C24H22IN3O4/c1-16(29)27-20-10-6-9-19(13-20)24(30)28-26-14-18-11-21(25)23(22(12-18)31-2)32-15-17-7-4-3-5-8-17/h3-14H,15H2,1-2H3,(H,27,29)(H,28,30)/b26-14-. The van der Waals surface area contributed by atoms with Crippen LogP contribution in [-0.4, -0.2) is 25.1 Å². The monoisotopic (exact) mass is 543 g/mol. The second-order valence-corrected chi connectivity index (χ2v) is 7.93. The number of halogens is 1. The highest BCUT2D eigenvalue weighted by Crippen LogP contribution is 2.34. The molecule has 0 radical (unpaired) electrons. The average Bonchev–Trinajstić information content (AvgIpc) is 2.78. The van der Waals surface area contributed by atoms with Crippen molar-refractivity contribution in [3.05, 3.63) is 87.0 Å². The molecule has 7 nitrogen and oxygen atoms in total. The fourth-order valence-corrected chi connectivity index (χ4v) is 3.64. The van der Waals surface area contributed by atoms with E-state index in [4.69, 9.17) is 9.47 Å². The summed E-state index contributed by atoms with van der Waals surface area (Å²) in [4.78, 5) is 23.5. The summed E-state index contributed by atoms with van der Waals surface area (Å²) in [7, 11) is 1.57. The van der Waals surface area contributed by atoms with Gasteiger partial charge in [0.15, 0.2) is 11.5 Å². The predicted molar refractivity (Wildman–Crippen MR) is 132 cm³/mol. The zero-order valence-corrected chi connectivity index (χ0v) is 19.8. The molecule has 0 spiro atoms. The average molecular weight is 543 g/mol. The van der Waals surface area contributed by atoms with Crippen LogP contribution in [0.3, 0.4) is 0 Å². The summed E-state index contributed by atoms with van der Waals surface area (Å²) < 4.78 is 12.3.